The summed E-state index contributed by atoms with van der Waals surface area (Å²) in [6.45, 7) is 0.258. The number of pyridine rings is 1. The predicted octanol–water partition coefficient (Wildman–Crippen LogP) is 5.83. The Hall–Kier alpha value is -2.99. The van der Waals surface area contributed by atoms with Crippen LogP contribution in [-0.4, -0.2) is 30.0 Å². The molecule has 4 rings (SSSR count). The summed E-state index contributed by atoms with van der Waals surface area (Å²) in [5.74, 6) is -0.828. The topological polar surface area (TPSA) is 68.3 Å². The molecule has 1 heterocycles. The number of allylic oxidation sites excluding steroid dienone is 1. The minimum atomic E-state index is -0.537. The summed E-state index contributed by atoms with van der Waals surface area (Å²) in [6.07, 6.45) is 7.83. The summed E-state index contributed by atoms with van der Waals surface area (Å²) in [4.78, 5) is 29.8. The van der Waals surface area contributed by atoms with Gasteiger partial charge in [0.15, 0.2) is 6.61 Å². The number of fused-ring (bicyclic) bond motifs is 1. The Labute approximate surface area is 196 Å². The quantitative estimate of drug-likeness (QED) is 0.332. The van der Waals surface area contributed by atoms with Gasteiger partial charge in [0.25, 0.3) is 5.91 Å². The number of aromatic nitrogens is 1. The number of rotatable bonds is 7. The Morgan fingerprint density at radius 3 is 2.75 bits per heavy atom. The largest absolute Gasteiger partial charge is 0.452 e. The average molecular weight is 493 g/mol. The number of amides is 1. The minimum absolute atomic E-state index is 0.291. The van der Waals surface area contributed by atoms with Gasteiger partial charge >= 0.3 is 5.97 Å². The van der Waals surface area contributed by atoms with Crippen molar-refractivity contribution in [3.63, 3.8) is 0 Å². The molecular weight excluding hydrogens is 468 g/mol. The number of nitrogens with zero attached hydrogens (tertiary/aromatic N) is 1. The van der Waals surface area contributed by atoms with Crippen LogP contribution in [0.1, 0.15) is 42.5 Å². The van der Waals surface area contributed by atoms with Gasteiger partial charge in [-0.15, -0.1) is 0 Å². The predicted molar refractivity (Wildman–Crippen MR) is 129 cm³/mol. The van der Waals surface area contributed by atoms with Gasteiger partial charge in [0, 0.05) is 22.0 Å². The maximum absolute atomic E-state index is 12.9. The van der Waals surface area contributed by atoms with E-state index in [9.17, 15) is 9.59 Å². The molecule has 3 aromatic rings. The molecule has 1 aromatic heterocycles. The van der Waals surface area contributed by atoms with Crippen molar-refractivity contribution in [2.75, 3.05) is 13.2 Å². The van der Waals surface area contributed by atoms with Gasteiger partial charge in [-0.3, -0.25) is 4.79 Å². The van der Waals surface area contributed by atoms with Gasteiger partial charge in [-0.1, -0.05) is 57.9 Å². The van der Waals surface area contributed by atoms with E-state index in [0.29, 0.717) is 28.7 Å². The smallest absolute Gasteiger partial charge is 0.339 e. The number of carbonyl (C=O) groups is 2. The number of ether oxygens (including phenoxy) is 1. The number of nitrogens with one attached hydrogen (secondary N) is 1. The first-order chi connectivity index (χ1) is 15.6. The van der Waals surface area contributed by atoms with Gasteiger partial charge in [0.2, 0.25) is 0 Å². The highest BCUT2D eigenvalue weighted by atomic mass is 79.9. The fourth-order valence-electron chi connectivity index (χ4n) is 3.89. The summed E-state index contributed by atoms with van der Waals surface area (Å²) in [6, 6.07) is 16.9. The molecule has 0 saturated carbocycles. The average Bonchev–Trinajstić information content (AvgIpc) is 2.82. The Balaban J connectivity index is 1.44. The Morgan fingerprint density at radius 2 is 1.94 bits per heavy atom. The Bertz CT molecular complexity index is 1170. The van der Waals surface area contributed by atoms with Crippen LogP contribution in [0.5, 0.6) is 0 Å². The van der Waals surface area contributed by atoms with E-state index in [0.717, 1.165) is 29.3 Å². The summed E-state index contributed by atoms with van der Waals surface area (Å²) < 4.78 is 6.28. The van der Waals surface area contributed by atoms with Crippen LogP contribution < -0.4 is 5.32 Å². The van der Waals surface area contributed by atoms with Crippen LogP contribution >= 0.6 is 15.9 Å². The maximum Gasteiger partial charge on any atom is 0.339 e. The molecule has 0 aliphatic heterocycles. The highest BCUT2D eigenvalue weighted by Gasteiger charge is 2.17. The summed E-state index contributed by atoms with van der Waals surface area (Å²) in [5, 5.41) is 3.54. The van der Waals surface area contributed by atoms with Crippen molar-refractivity contribution in [1.82, 2.24) is 10.3 Å². The third kappa shape index (κ3) is 5.62. The van der Waals surface area contributed by atoms with Gasteiger partial charge in [-0.05, 0) is 56.4 Å². The lowest BCUT2D eigenvalue weighted by molar-refractivity contribution is -0.124. The number of benzene rings is 2. The number of carbonyl (C=O) groups excluding carboxylic acids is 2. The molecule has 0 fully saturated rings. The molecule has 0 saturated heterocycles. The van der Waals surface area contributed by atoms with Crippen molar-refractivity contribution in [3.8, 4) is 11.3 Å². The first-order valence-corrected chi connectivity index (χ1v) is 11.7. The zero-order valence-electron chi connectivity index (χ0n) is 17.8. The molecule has 1 aliphatic rings. The van der Waals surface area contributed by atoms with Gasteiger partial charge in [-0.25, -0.2) is 9.78 Å². The number of hydrogen-bond acceptors (Lipinski definition) is 4. The third-order valence-electron chi connectivity index (χ3n) is 5.54. The van der Waals surface area contributed by atoms with Crippen LogP contribution in [-0.2, 0) is 9.53 Å². The summed E-state index contributed by atoms with van der Waals surface area (Å²) in [7, 11) is 0. The zero-order chi connectivity index (χ0) is 22.3. The zero-order valence-corrected chi connectivity index (χ0v) is 19.4. The van der Waals surface area contributed by atoms with Crippen molar-refractivity contribution >= 4 is 38.7 Å². The van der Waals surface area contributed by atoms with Crippen LogP contribution in [0.4, 0.5) is 0 Å². The molecule has 0 radical (unpaired) electrons. The van der Waals surface area contributed by atoms with Crippen molar-refractivity contribution in [3.05, 3.63) is 76.3 Å². The SMILES string of the molecule is O=C(COC(=O)c1cc(-c2cccc(Br)c2)nc2ccccc12)NCCC1=CCCCC1. The molecule has 6 heteroatoms. The van der Waals surface area contributed by atoms with E-state index in [-0.39, 0.29) is 12.5 Å². The fourth-order valence-corrected chi connectivity index (χ4v) is 4.29. The van der Waals surface area contributed by atoms with E-state index in [1.165, 1.54) is 18.4 Å². The second-order valence-electron chi connectivity index (χ2n) is 7.87. The first-order valence-electron chi connectivity index (χ1n) is 10.9. The monoisotopic (exact) mass is 492 g/mol. The van der Waals surface area contributed by atoms with E-state index >= 15 is 0 Å². The van der Waals surface area contributed by atoms with E-state index in [1.54, 1.807) is 6.07 Å². The second-order valence-corrected chi connectivity index (χ2v) is 8.78. The third-order valence-corrected chi connectivity index (χ3v) is 6.04. The highest BCUT2D eigenvalue weighted by molar-refractivity contribution is 9.10. The molecule has 0 spiro atoms. The van der Waals surface area contributed by atoms with Gasteiger partial charge in [0.1, 0.15) is 0 Å². The van der Waals surface area contributed by atoms with Crippen LogP contribution in [0.2, 0.25) is 0 Å². The molecular formula is C26H25BrN2O3. The van der Waals surface area contributed by atoms with Crippen LogP contribution in [0.3, 0.4) is 0 Å². The van der Waals surface area contributed by atoms with Crippen molar-refractivity contribution in [2.24, 2.45) is 0 Å². The van der Waals surface area contributed by atoms with Crippen LogP contribution in [0.15, 0.2) is 70.7 Å². The number of para-hydroxylation sites is 1. The first kappa shape index (κ1) is 22.2. The van der Waals surface area contributed by atoms with E-state index in [2.05, 4.69) is 27.3 Å². The molecule has 32 heavy (non-hydrogen) atoms. The van der Waals surface area contributed by atoms with Gasteiger partial charge < -0.3 is 10.1 Å². The molecule has 1 amide bonds. The lowest BCUT2D eigenvalue weighted by Gasteiger charge is -2.13. The van der Waals surface area contributed by atoms with Crippen molar-refractivity contribution < 1.29 is 14.3 Å². The normalized spacial score (nSPS) is 13.5. The maximum atomic E-state index is 12.9. The highest BCUT2D eigenvalue weighted by Crippen LogP contribution is 2.27. The Morgan fingerprint density at radius 1 is 1.06 bits per heavy atom. The van der Waals surface area contributed by atoms with Crippen LogP contribution in [0, 0.1) is 0 Å². The summed E-state index contributed by atoms with van der Waals surface area (Å²) >= 11 is 3.48. The molecule has 0 bridgehead atoms. The molecule has 1 N–H and O–H groups in total. The molecule has 1 aliphatic carbocycles. The van der Waals surface area contributed by atoms with Gasteiger partial charge in [-0.2, -0.15) is 0 Å². The number of esters is 1. The van der Waals surface area contributed by atoms with Gasteiger partial charge in [0.05, 0.1) is 16.8 Å². The Kier molecular flexibility index (Phi) is 7.32. The van der Waals surface area contributed by atoms with Crippen LogP contribution in [0.25, 0.3) is 22.2 Å². The lowest BCUT2D eigenvalue weighted by Crippen LogP contribution is -2.30. The molecule has 5 nitrogen and oxygen atoms in total. The lowest BCUT2D eigenvalue weighted by atomic mass is 9.97. The number of halogens is 1. The van der Waals surface area contributed by atoms with Crippen molar-refractivity contribution in [2.45, 2.75) is 32.1 Å². The standard InChI is InChI=1S/C26H25BrN2O3/c27-20-10-6-9-19(15-20)24-16-22(21-11-4-5-12-23(21)29-24)26(31)32-17-25(30)28-14-13-18-7-2-1-3-8-18/h4-7,9-12,15-16H,1-3,8,13-14,17H2,(H,28,30). The fraction of sp³-hybridized carbons (Fsp3) is 0.269. The second kappa shape index (κ2) is 10.6. The molecule has 0 atom stereocenters. The molecule has 2 aromatic carbocycles. The number of hydrogen-bond donors (Lipinski definition) is 1. The summed E-state index contributed by atoms with van der Waals surface area (Å²) in [5.41, 5.74) is 4.04. The molecule has 164 valence electrons. The minimum Gasteiger partial charge on any atom is -0.452 e. The molecule has 0 unspecified atom stereocenters. The van der Waals surface area contributed by atoms with E-state index in [1.807, 2.05) is 48.5 Å². The van der Waals surface area contributed by atoms with Crippen molar-refractivity contribution in [1.29, 1.82) is 0 Å². The van der Waals surface area contributed by atoms with E-state index in [4.69, 9.17) is 9.72 Å². The van der Waals surface area contributed by atoms with E-state index < -0.39 is 5.97 Å².